The Hall–Kier alpha value is -2.17. The van der Waals surface area contributed by atoms with Gasteiger partial charge >= 0.3 is 0 Å². The summed E-state index contributed by atoms with van der Waals surface area (Å²) in [7, 11) is 0. The summed E-state index contributed by atoms with van der Waals surface area (Å²) < 4.78 is 1.79. The molecule has 0 saturated heterocycles. The van der Waals surface area contributed by atoms with Crippen LogP contribution in [0.25, 0.3) is 0 Å². The third kappa shape index (κ3) is 1.28. The first-order valence-corrected chi connectivity index (χ1v) is 4.70. The summed E-state index contributed by atoms with van der Waals surface area (Å²) in [4.78, 5) is 0. The lowest BCUT2D eigenvalue weighted by molar-refractivity contribution is 0.497. The van der Waals surface area contributed by atoms with Crippen LogP contribution in [-0.4, -0.2) is 20.7 Å². The monoisotopic (exact) mass is 199 g/mol. The predicted molar refractivity (Wildman–Crippen MR) is 55.2 cm³/mol. The topological polar surface area (TPSA) is 55.1 Å². The van der Waals surface area contributed by atoms with Crippen molar-refractivity contribution in [3.05, 3.63) is 47.8 Å². The van der Waals surface area contributed by atoms with Gasteiger partial charge in [0.05, 0.1) is 6.20 Å². The fraction of sp³-hybridized carbons (Fsp3) is 0.100. The highest BCUT2D eigenvalue weighted by atomic mass is 15.5. The number of nitrogens with zero attached hydrogens (tertiary/aromatic N) is 4. The number of hydrogen-bond acceptors (Lipinski definition) is 4. The second kappa shape index (κ2) is 3.20. The minimum Gasteiger partial charge on any atom is -0.288 e. The maximum Gasteiger partial charge on any atom is 0.128 e. The van der Waals surface area contributed by atoms with E-state index >= 15 is 0 Å². The van der Waals surface area contributed by atoms with E-state index in [9.17, 15) is 0 Å². The zero-order valence-corrected chi connectivity index (χ0v) is 7.96. The van der Waals surface area contributed by atoms with Gasteiger partial charge in [-0.1, -0.05) is 35.5 Å². The van der Waals surface area contributed by atoms with Crippen molar-refractivity contribution in [3.8, 4) is 0 Å². The van der Waals surface area contributed by atoms with Gasteiger partial charge in [-0.2, -0.15) is 5.10 Å². The Morgan fingerprint density at radius 2 is 2.07 bits per heavy atom. The van der Waals surface area contributed by atoms with Crippen LogP contribution < -0.4 is 5.43 Å². The first-order valence-electron chi connectivity index (χ1n) is 4.70. The minimum atomic E-state index is 0.575. The van der Waals surface area contributed by atoms with Gasteiger partial charge in [0, 0.05) is 5.56 Å². The number of aromatic nitrogens is 3. The van der Waals surface area contributed by atoms with Crippen molar-refractivity contribution in [2.45, 2.75) is 6.67 Å². The van der Waals surface area contributed by atoms with Crippen LogP contribution in [0.3, 0.4) is 0 Å². The molecule has 0 radical (unpaired) electrons. The average molecular weight is 199 g/mol. The molecule has 1 aromatic heterocycles. The summed E-state index contributed by atoms with van der Waals surface area (Å²) in [5, 5.41) is 12.1. The van der Waals surface area contributed by atoms with Crippen LogP contribution in [0, 0.1) is 0 Å². The van der Waals surface area contributed by atoms with Crippen molar-refractivity contribution in [2.75, 3.05) is 0 Å². The van der Waals surface area contributed by atoms with E-state index in [4.69, 9.17) is 0 Å². The molecular weight excluding hydrogens is 190 g/mol. The molecule has 3 rings (SSSR count). The van der Waals surface area contributed by atoms with Gasteiger partial charge < -0.3 is 0 Å². The molecule has 0 saturated carbocycles. The molecule has 0 bridgehead atoms. The van der Waals surface area contributed by atoms with Gasteiger partial charge in [0.15, 0.2) is 0 Å². The molecule has 1 N–H and O–H groups in total. The van der Waals surface area contributed by atoms with Crippen molar-refractivity contribution in [3.63, 3.8) is 0 Å². The second-order valence-electron chi connectivity index (χ2n) is 3.26. The first kappa shape index (κ1) is 8.16. The SMILES string of the molecule is c1ccc(C2=NNCn3nncc32)cc1. The molecule has 1 aliphatic heterocycles. The maximum absolute atomic E-state index is 4.28. The quantitative estimate of drug-likeness (QED) is 0.731. The van der Waals surface area contributed by atoms with E-state index in [1.54, 1.807) is 10.9 Å². The third-order valence-corrected chi connectivity index (χ3v) is 2.32. The lowest BCUT2D eigenvalue weighted by atomic mass is 10.1. The van der Waals surface area contributed by atoms with Crippen LogP contribution in [0.2, 0.25) is 0 Å². The van der Waals surface area contributed by atoms with Crippen molar-refractivity contribution in [1.29, 1.82) is 0 Å². The van der Waals surface area contributed by atoms with E-state index in [2.05, 4.69) is 20.8 Å². The van der Waals surface area contributed by atoms with E-state index in [1.807, 2.05) is 30.3 Å². The Morgan fingerprint density at radius 3 is 2.93 bits per heavy atom. The summed E-state index contributed by atoms with van der Waals surface area (Å²) in [6, 6.07) is 9.99. The molecule has 0 amide bonds. The van der Waals surface area contributed by atoms with Crippen molar-refractivity contribution < 1.29 is 0 Å². The number of benzene rings is 1. The molecule has 0 fully saturated rings. The lowest BCUT2D eigenvalue weighted by Gasteiger charge is -2.14. The maximum atomic E-state index is 4.28. The van der Waals surface area contributed by atoms with E-state index < -0.39 is 0 Å². The molecule has 74 valence electrons. The van der Waals surface area contributed by atoms with Crippen LogP contribution >= 0.6 is 0 Å². The molecule has 0 atom stereocenters. The highest BCUT2D eigenvalue weighted by molar-refractivity contribution is 6.11. The summed E-state index contributed by atoms with van der Waals surface area (Å²) >= 11 is 0. The number of nitrogens with one attached hydrogen (secondary N) is 1. The third-order valence-electron chi connectivity index (χ3n) is 2.32. The Morgan fingerprint density at radius 1 is 1.20 bits per heavy atom. The van der Waals surface area contributed by atoms with Crippen LogP contribution in [0.4, 0.5) is 0 Å². The molecular formula is C10H9N5. The van der Waals surface area contributed by atoms with Gasteiger partial charge in [0.1, 0.15) is 18.1 Å². The van der Waals surface area contributed by atoms with E-state index in [0.29, 0.717) is 6.67 Å². The van der Waals surface area contributed by atoms with Crippen LogP contribution in [-0.2, 0) is 6.67 Å². The zero-order valence-electron chi connectivity index (χ0n) is 7.96. The molecule has 0 unspecified atom stereocenters. The normalized spacial score (nSPS) is 14.0. The number of hydrogen-bond donors (Lipinski definition) is 1. The molecule has 2 heterocycles. The summed E-state index contributed by atoms with van der Waals surface area (Å²) in [5.74, 6) is 0. The van der Waals surface area contributed by atoms with Crippen LogP contribution in [0.5, 0.6) is 0 Å². The van der Waals surface area contributed by atoms with Gasteiger partial charge in [-0.15, -0.1) is 5.10 Å². The number of hydrazone groups is 1. The Kier molecular flexibility index (Phi) is 1.74. The second-order valence-corrected chi connectivity index (χ2v) is 3.26. The van der Waals surface area contributed by atoms with E-state index in [1.165, 1.54) is 0 Å². The summed E-state index contributed by atoms with van der Waals surface area (Å²) in [6.07, 6.45) is 1.73. The minimum absolute atomic E-state index is 0.575. The molecule has 0 spiro atoms. The zero-order chi connectivity index (χ0) is 10.1. The average Bonchev–Trinajstić information content (AvgIpc) is 2.78. The molecule has 5 nitrogen and oxygen atoms in total. The largest absolute Gasteiger partial charge is 0.288 e. The molecule has 1 aromatic carbocycles. The molecule has 2 aromatic rings. The van der Waals surface area contributed by atoms with Crippen LogP contribution in [0.1, 0.15) is 11.3 Å². The van der Waals surface area contributed by atoms with Crippen molar-refractivity contribution in [1.82, 2.24) is 20.4 Å². The smallest absolute Gasteiger partial charge is 0.128 e. The van der Waals surface area contributed by atoms with Gasteiger partial charge in [-0.3, -0.25) is 5.43 Å². The van der Waals surface area contributed by atoms with E-state index in [0.717, 1.165) is 17.0 Å². The van der Waals surface area contributed by atoms with Crippen molar-refractivity contribution >= 4 is 5.71 Å². The Labute approximate surface area is 86.4 Å². The van der Waals surface area contributed by atoms with Gasteiger partial charge in [0.25, 0.3) is 0 Å². The first-order chi connectivity index (χ1) is 7.45. The standard InChI is InChI=1S/C10H9N5/c1-2-4-8(5-3-1)10-9-6-11-14-15(9)7-12-13-10/h1-6,12H,7H2. The highest BCUT2D eigenvalue weighted by Gasteiger charge is 2.16. The van der Waals surface area contributed by atoms with Crippen LogP contribution in [0.15, 0.2) is 41.6 Å². The fourth-order valence-electron chi connectivity index (χ4n) is 1.60. The fourth-order valence-corrected chi connectivity index (χ4v) is 1.60. The molecule has 15 heavy (non-hydrogen) atoms. The Balaban J connectivity index is 2.12. The molecule has 0 aliphatic carbocycles. The number of fused-ring (bicyclic) bond motifs is 1. The Bertz CT molecular complexity index is 500. The van der Waals surface area contributed by atoms with Gasteiger partial charge in [-0.25, -0.2) is 4.68 Å². The molecule has 5 heteroatoms. The molecule has 1 aliphatic rings. The van der Waals surface area contributed by atoms with E-state index in [-0.39, 0.29) is 0 Å². The summed E-state index contributed by atoms with van der Waals surface area (Å²) in [5.41, 5.74) is 5.81. The predicted octanol–water partition coefficient (Wildman–Crippen LogP) is 0.591. The van der Waals surface area contributed by atoms with Crippen molar-refractivity contribution in [2.24, 2.45) is 5.10 Å². The summed E-state index contributed by atoms with van der Waals surface area (Å²) in [6.45, 7) is 0.575. The number of rotatable bonds is 1. The van der Waals surface area contributed by atoms with Gasteiger partial charge in [-0.05, 0) is 0 Å². The highest BCUT2D eigenvalue weighted by Crippen LogP contribution is 2.11. The lowest BCUT2D eigenvalue weighted by Crippen LogP contribution is -2.26. The van der Waals surface area contributed by atoms with Gasteiger partial charge in [0.2, 0.25) is 0 Å².